The highest BCUT2D eigenvalue weighted by Gasteiger charge is 2.49. The monoisotopic (exact) mass is 168 g/mol. The number of rotatable bonds is 1. The Morgan fingerprint density at radius 3 is 2.42 bits per heavy atom. The topological polar surface area (TPSA) is 12.5 Å². The van der Waals surface area contributed by atoms with E-state index < -0.39 is 0 Å². The molecular weight excluding hydrogens is 148 g/mol. The van der Waals surface area contributed by atoms with Crippen molar-refractivity contribution >= 4 is 0 Å². The van der Waals surface area contributed by atoms with E-state index in [4.69, 9.17) is 4.74 Å². The van der Waals surface area contributed by atoms with Gasteiger partial charge in [-0.2, -0.15) is 0 Å². The normalized spacial score (nSPS) is 45.8. The summed E-state index contributed by atoms with van der Waals surface area (Å²) in [5, 5.41) is 0. The first-order chi connectivity index (χ1) is 5.52. The van der Waals surface area contributed by atoms with Crippen LogP contribution in [-0.4, -0.2) is 12.2 Å². The van der Waals surface area contributed by atoms with Crippen LogP contribution >= 0.6 is 0 Å². The highest BCUT2D eigenvalue weighted by molar-refractivity contribution is 4.97. The van der Waals surface area contributed by atoms with Crippen LogP contribution in [0.25, 0.3) is 0 Å². The lowest BCUT2D eigenvalue weighted by molar-refractivity contribution is 0.112. The molecule has 2 rings (SSSR count). The minimum atomic E-state index is 0.275. The number of hydrogen-bond acceptors (Lipinski definition) is 1. The van der Waals surface area contributed by atoms with Gasteiger partial charge in [0, 0.05) is 0 Å². The van der Waals surface area contributed by atoms with Gasteiger partial charge in [0.05, 0.1) is 12.2 Å². The lowest BCUT2D eigenvalue weighted by Crippen LogP contribution is -2.31. The molecule has 12 heavy (non-hydrogen) atoms. The number of epoxide rings is 1. The zero-order chi connectivity index (χ0) is 8.82. The van der Waals surface area contributed by atoms with Crippen molar-refractivity contribution in [3.8, 4) is 0 Å². The molecule has 0 N–H and O–H groups in total. The molecule has 0 radical (unpaired) electrons. The Balaban J connectivity index is 1.99. The van der Waals surface area contributed by atoms with Gasteiger partial charge in [0.2, 0.25) is 0 Å². The van der Waals surface area contributed by atoms with E-state index in [0.717, 1.165) is 12.5 Å². The molecule has 0 aromatic rings. The second-order valence-corrected chi connectivity index (χ2v) is 5.56. The minimum absolute atomic E-state index is 0.275. The molecule has 0 spiro atoms. The van der Waals surface area contributed by atoms with Crippen molar-refractivity contribution in [1.29, 1.82) is 0 Å². The van der Waals surface area contributed by atoms with E-state index in [-0.39, 0.29) is 5.60 Å². The fourth-order valence-electron chi connectivity index (χ4n) is 2.57. The van der Waals surface area contributed by atoms with Crippen molar-refractivity contribution in [1.82, 2.24) is 0 Å². The third-order valence-electron chi connectivity index (χ3n) is 3.67. The molecule has 70 valence electrons. The summed E-state index contributed by atoms with van der Waals surface area (Å²) in [5.74, 6) is 0.834. The van der Waals surface area contributed by atoms with Crippen molar-refractivity contribution in [2.45, 2.75) is 52.1 Å². The van der Waals surface area contributed by atoms with Crippen LogP contribution in [0.5, 0.6) is 0 Å². The Hall–Kier alpha value is -0.0400. The van der Waals surface area contributed by atoms with Crippen LogP contribution in [0.1, 0.15) is 46.5 Å². The Labute approximate surface area is 75.5 Å². The van der Waals surface area contributed by atoms with E-state index in [1.54, 1.807) is 0 Å². The summed E-state index contributed by atoms with van der Waals surface area (Å²) in [4.78, 5) is 0. The van der Waals surface area contributed by atoms with Crippen LogP contribution in [0.2, 0.25) is 0 Å². The van der Waals surface area contributed by atoms with Gasteiger partial charge < -0.3 is 4.74 Å². The molecule has 0 aromatic heterocycles. The summed E-state index contributed by atoms with van der Waals surface area (Å²) in [7, 11) is 0. The first kappa shape index (κ1) is 8.55. The maximum atomic E-state index is 5.53. The largest absolute Gasteiger partial charge is 0.370 e. The first-order valence-electron chi connectivity index (χ1n) is 5.16. The Bertz CT molecular complexity index is 179. The van der Waals surface area contributed by atoms with E-state index in [1.807, 2.05) is 0 Å². The summed E-state index contributed by atoms with van der Waals surface area (Å²) in [5.41, 5.74) is 0.843. The molecule has 0 amide bonds. The fraction of sp³-hybridized carbons (Fsp3) is 1.00. The molecule has 1 nitrogen and oxygen atoms in total. The second-order valence-electron chi connectivity index (χ2n) is 5.56. The zero-order valence-electron chi connectivity index (χ0n) is 8.52. The van der Waals surface area contributed by atoms with Crippen LogP contribution in [0.4, 0.5) is 0 Å². The van der Waals surface area contributed by atoms with Gasteiger partial charge in [0.1, 0.15) is 0 Å². The maximum Gasteiger partial charge on any atom is 0.0916 e. The van der Waals surface area contributed by atoms with E-state index in [9.17, 15) is 0 Å². The van der Waals surface area contributed by atoms with Crippen LogP contribution in [0, 0.1) is 11.3 Å². The number of ether oxygens (including phenoxy) is 1. The summed E-state index contributed by atoms with van der Waals surface area (Å²) < 4.78 is 5.53. The van der Waals surface area contributed by atoms with Crippen LogP contribution in [-0.2, 0) is 4.74 Å². The highest BCUT2D eigenvalue weighted by Crippen LogP contribution is 2.48. The molecule has 2 aliphatic rings. The SMILES string of the molecule is CC1(C)CCCC(C2(C)CO2)C1. The third kappa shape index (κ3) is 1.52. The van der Waals surface area contributed by atoms with E-state index >= 15 is 0 Å². The Morgan fingerprint density at radius 1 is 1.25 bits per heavy atom. The van der Waals surface area contributed by atoms with Crippen molar-refractivity contribution in [2.24, 2.45) is 11.3 Å². The molecule has 1 saturated carbocycles. The molecule has 1 aliphatic heterocycles. The lowest BCUT2D eigenvalue weighted by Gasteiger charge is -2.37. The van der Waals surface area contributed by atoms with Crippen LogP contribution in [0.15, 0.2) is 0 Å². The van der Waals surface area contributed by atoms with Crippen molar-refractivity contribution in [3.63, 3.8) is 0 Å². The average Bonchev–Trinajstić information content (AvgIpc) is 2.67. The van der Waals surface area contributed by atoms with Gasteiger partial charge in [-0.25, -0.2) is 0 Å². The van der Waals surface area contributed by atoms with E-state index in [0.29, 0.717) is 5.41 Å². The van der Waals surface area contributed by atoms with Gasteiger partial charge >= 0.3 is 0 Å². The van der Waals surface area contributed by atoms with Crippen LogP contribution in [0.3, 0.4) is 0 Å². The smallest absolute Gasteiger partial charge is 0.0916 e. The third-order valence-corrected chi connectivity index (χ3v) is 3.67. The van der Waals surface area contributed by atoms with Gasteiger partial charge in [-0.15, -0.1) is 0 Å². The summed E-state index contributed by atoms with van der Waals surface area (Å²) in [6.45, 7) is 8.07. The number of hydrogen-bond donors (Lipinski definition) is 0. The highest BCUT2D eigenvalue weighted by atomic mass is 16.6. The van der Waals surface area contributed by atoms with Crippen molar-refractivity contribution < 1.29 is 4.74 Å². The molecule has 1 heteroatoms. The fourth-order valence-corrected chi connectivity index (χ4v) is 2.57. The summed E-state index contributed by atoms with van der Waals surface area (Å²) in [6, 6.07) is 0. The molecule has 0 bridgehead atoms. The van der Waals surface area contributed by atoms with Gasteiger partial charge in [0.15, 0.2) is 0 Å². The van der Waals surface area contributed by atoms with Crippen molar-refractivity contribution in [3.05, 3.63) is 0 Å². The average molecular weight is 168 g/mol. The quantitative estimate of drug-likeness (QED) is 0.548. The molecular formula is C11H20O. The predicted octanol–water partition coefficient (Wildman–Crippen LogP) is 2.99. The van der Waals surface area contributed by atoms with Gasteiger partial charge in [-0.1, -0.05) is 20.3 Å². The second kappa shape index (κ2) is 2.47. The Morgan fingerprint density at radius 2 is 1.92 bits per heavy atom. The minimum Gasteiger partial charge on any atom is -0.370 e. The molecule has 0 aromatic carbocycles. The van der Waals surface area contributed by atoms with Crippen LogP contribution < -0.4 is 0 Å². The maximum absolute atomic E-state index is 5.53. The van der Waals surface area contributed by atoms with Gasteiger partial charge in [-0.3, -0.25) is 0 Å². The molecule has 2 unspecified atom stereocenters. The van der Waals surface area contributed by atoms with Gasteiger partial charge in [0.25, 0.3) is 0 Å². The molecule has 1 aliphatic carbocycles. The molecule has 2 atom stereocenters. The molecule has 2 fully saturated rings. The predicted molar refractivity (Wildman–Crippen MR) is 50.1 cm³/mol. The van der Waals surface area contributed by atoms with Crippen molar-refractivity contribution in [2.75, 3.05) is 6.61 Å². The Kier molecular flexibility index (Phi) is 1.76. The zero-order valence-corrected chi connectivity index (χ0v) is 8.52. The standard InChI is InChI=1S/C11H20O/c1-10(2)6-4-5-9(7-10)11(3)8-12-11/h9H,4-8H2,1-3H3. The summed E-state index contributed by atoms with van der Waals surface area (Å²) >= 11 is 0. The van der Waals surface area contributed by atoms with Gasteiger partial charge in [-0.05, 0) is 37.5 Å². The first-order valence-corrected chi connectivity index (χ1v) is 5.16. The van der Waals surface area contributed by atoms with E-state index in [2.05, 4.69) is 20.8 Å². The molecule has 1 heterocycles. The summed E-state index contributed by atoms with van der Waals surface area (Å²) in [6.07, 6.45) is 5.56. The lowest BCUT2D eigenvalue weighted by atomic mass is 9.68. The molecule has 1 saturated heterocycles. The van der Waals surface area contributed by atoms with E-state index in [1.165, 1.54) is 25.7 Å².